The smallest absolute Gasteiger partial charge is 0.0255 e. The van der Waals surface area contributed by atoms with E-state index in [0.717, 1.165) is 19.5 Å². The largest absolute Gasteiger partial charge is 0.291 e. The van der Waals surface area contributed by atoms with Crippen molar-refractivity contribution in [2.75, 3.05) is 0 Å². The first-order valence-corrected chi connectivity index (χ1v) is 8.84. The first kappa shape index (κ1) is 14.0. The SMILES string of the molecule is c1ccc(CC2C3c4ccccc4CN2Cc2ccccc23)cc1. The highest BCUT2D eigenvalue weighted by molar-refractivity contribution is 5.47. The summed E-state index contributed by atoms with van der Waals surface area (Å²) < 4.78 is 0. The highest BCUT2D eigenvalue weighted by Crippen LogP contribution is 2.44. The second-order valence-electron chi connectivity index (χ2n) is 7.04. The Balaban J connectivity index is 1.64. The molecule has 0 N–H and O–H groups in total. The fourth-order valence-corrected chi connectivity index (χ4v) is 4.59. The van der Waals surface area contributed by atoms with Gasteiger partial charge in [0.25, 0.3) is 0 Å². The lowest BCUT2D eigenvalue weighted by Crippen LogP contribution is -2.48. The highest BCUT2D eigenvalue weighted by Gasteiger charge is 2.40. The van der Waals surface area contributed by atoms with E-state index in [2.05, 4.69) is 83.8 Å². The average molecular weight is 311 g/mol. The van der Waals surface area contributed by atoms with Crippen LogP contribution in [0.4, 0.5) is 0 Å². The molecule has 24 heavy (non-hydrogen) atoms. The molecular weight excluding hydrogens is 290 g/mol. The quantitative estimate of drug-likeness (QED) is 0.659. The fourth-order valence-electron chi connectivity index (χ4n) is 4.59. The number of benzene rings is 3. The maximum Gasteiger partial charge on any atom is 0.0255 e. The van der Waals surface area contributed by atoms with E-state index in [0.29, 0.717) is 12.0 Å². The van der Waals surface area contributed by atoms with Crippen LogP contribution in [0.3, 0.4) is 0 Å². The van der Waals surface area contributed by atoms with Gasteiger partial charge in [0.15, 0.2) is 0 Å². The third-order valence-corrected chi connectivity index (χ3v) is 5.67. The third kappa shape index (κ3) is 2.20. The molecule has 2 bridgehead atoms. The summed E-state index contributed by atoms with van der Waals surface area (Å²) in [5.74, 6) is 0.486. The van der Waals surface area contributed by atoms with Crippen LogP contribution in [-0.2, 0) is 19.5 Å². The van der Waals surface area contributed by atoms with Gasteiger partial charge in [-0.3, -0.25) is 4.90 Å². The Hall–Kier alpha value is -2.38. The zero-order valence-electron chi connectivity index (χ0n) is 13.7. The molecule has 1 atom stereocenters. The van der Waals surface area contributed by atoms with Crippen LogP contribution in [0.5, 0.6) is 0 Å². The zero-order valence-corrected chi connectivity index (χ0v) is 13.7. The molecule has 0 fully saturated rings. The highest BCUT2D eigenvalue weighted by atomic mass is 15.2. The van der Waals surface area contributed by atoms with E-state index in [1.54, 1.807) is 0 Å². The maximum absolute atomic E-state index is 2.68. The molecule has 2 aliphatic heterocycles. The summed E-state index contributed by atoms with van der Waals surface area (Å²) in [4.78, 5) is 2.68. The van der Waals surface area contributed by atoms with E-state index in [1.807, 2.05) is 0 Å². The van der Waals surface area contributed by atoms with Gasteiger partial charge < -0.3 is 0 Å². The monoisotopic (exact) mass is 311 g/mol. The number of rotatable bonds is 2. The summed E-state index contributed by atoms with van der Waals surface area (Å²) in [5.41, 5.74) is 7.50. The average Bonchev–Trinajstić information content (AvgIpc) is 2.63. The minimum atomic E-state index is 0.486. The Morgan fingerprint density at radius 2 is 1.21 bits per heavy atom. The van der Waals surface area contributed by atoms with Crippen molar-refractivity contribution in [2.24, 2.45) is 0 Å². The molecule has 0 saturated heterocycles. The number of hydrogen-bond acceptors (Lipinski definition) is 1. The van der Waals surface area contributed by atoms with Crippen molar-refractivity contribution in [3.63, 3.8) is 0 Å². The van der Waals surface area contributed by atoms with E-state index in [-0.39, 0.29) is 0 Å². The molecule has 1 heteroatoms. The summed E-state index contributed by atoms with van der Waals surface area (Å²) in [6.07, 6.45) is 1.12. The van der Waals surface area contributed by atoms with Crippen molar-refractivity contribution in [3.05, 3.63) is 107 Å². The standard InChI is InChI=1S/C23H21N/c1-2-8-17(9-3-1)14-22-23-20-12-6-4-10-18(20)15-24(22)16-19-11-5-7-13-21(19)23/h1-13,22-23H,14-16H2. The first-order valence-electron chi connectivity index (χ1n) is 8.84. The van der Waals surface area contributed by atoms with Gasteiger partial charge in [0.2, 0.25) is 0 Å². The second-order valence-corrected chi connectivity index (χ2v) is 7.04. The van der Waals surface area contributed by atoms with Crippen LogP contribution in [0, 0.1) is 0 Å². The van der Waals surface area contributed by atoms with Crippen LogP contribution < -0.4 is 0 Å². The van der Waals surface area contributed by atoms with Crippen LogP contribution in [-0.4, -0.2) is 10.9 Å². The molecule has 0 radical (unpaired) electrons. The molecule has 118 valence electrons. The lowest BCUT2D eigenvalue weighted by Gasteiger charge is -2.47. The Morgan fingerprint density at radius 1 is 0.667 bits per heavy atom. The van der Waals surface area contributed by atoms with Crippen molar-refractivity contribution < 1.29 is 0 Å². The summed E-state index contributed by atoms with van der Waals surface area (Å²) in [6.45, 7) is 2.14. The number of fused-ring (bicyclic) bond motifs is 6. The van der Waals surface area contributed by atoms with Crippen molar-refractivity contribution in [1.82, 2.24) is 4.90 Å². The van der Waals surface area contributed by atoms with Crippen LogP contribution in [0.25, 0.3) is 0 Å². The summed E-state index contributed by atoms with van der Waals surface area (Å²) in [5, 5.41) is 0. The van der Waals surface area contributed by atoms with Gasteiger partial charge in [-0.15, -0.1) is 0 Å². The Morgan fingerprint density at radius 3 is 1.83 bits per heavy atom. The lowest BCUT2D eigenvalue weighted by molar-refractivity contribution is 0.130. The van der Waals surface area contributed by atoms with Crippen LogP contribution in [0.2, 0.25) is 0 Å². The summed E-state index contributed by atoms with van der Waals surface area (Å²) in [6, 6.07) is 29.6. The molecule has 2 heterocycles. The Bertz CT molecular complexity index is 818. The Kier molecular flexibility index (Phi) is 3.27. The molecular formula is C23H21N. The van der Waals surface area contributed by atoms with Crippen molar-refractivity contribution in [3.8, 4) is 0 Å². The molecule has 0 aliphatic carbocycles. The predicted molar refractivity (Wildman–Crippen MR) is 97.9 cm³/mol. The van der Waals surface area contributed by atoms with Crippen molar-refractivity contribution in [1.29, 1.82) is 0 Å². The van der Waals surface area contributed by atoms with E-state index in [4.69, 9.17) is 0 Å². The number of hydrogen-bond donors (Lipinski definition) is 0. The van der Waals surface area contributed by atoms with Crippen LogP contribution in [0.15, 0.2) is 78.9 Å². The van der Waals surface area contributed by atoms with Gasteiger partial charge >= 0.3 is 0 Å². The minimum absolute atomic E-state index is 0.486. The normalized spacial score (nSPS) is 24.1. The molecule has 1 nitrogen and oxygen atoms in total. The van der Waals surface area contributed by atoms with E-state index in [9.17, 15) is 0 Å². The van der Waals surface area contributed by atoms with Gasteiger partial charge in [-0.1, -0.05) is 78.9 Å². The summed E-state index contributed by atoms with van der Waals surface area (Å²) >= 11 is 0. The summed E-state index contributed by atoms with van der Waals surface area (Å²) in [7, 11) is 0. The molecule has 0 spiro atoms. The van der Waals surface area contributed by atoms with Gasteiger partial charge in [0.1, 0.15) is 0 Å². The van der Waals surface area contributed by atoms with Crippen LogP contribution in [0.1, 0.15) is 33.7 Å². The molecule has 5 rings (SSSR count). The topological polar surface area (TPSA) is 3.24 Å². The molecule has 0 amide bonds. The van der Waals surface area contributed by atoms with Crippen LogP contribution >= 0.6 is 0 Å². The molecule has 3 aromatic carbocycles. The molecule has 0 saturated carbocycles. The maximum atomic E-state index is 2.68. The first-order chi connectivity index (χ1) is 11.9. The van der Waals surface area contributed by atoms with Gasteiger partial charge in [0.05, 0.1) is 0 Å². The van der Waals surface area contributed by atoms with E-state index >= 15 is 0 Å². The Labute approximate surface area is 143 Å². The third-order valence-electron chi connectivity index (χ3n) is 5.67. The number of nitrogens with zero attached hydrogens (tertiary/aromatic N) is 1. The van der Waals surface area contributed by atoms with Crippen molar-refractivity contribution >= 4 is 0 Å². The molecule has 1 unspecified atom stereocenters. The van der Waals surface area contributed by atoms with E-state index < -0.39 is 0 Å². The molecule has 0 aromatic heterocycles. The minimum Gasteiger partial charge on any atom is -0.291 e. The van der Waals surface area contributed by atoms with Gasteiger partial charge in [-0.25, -0.2) is 0 Å². The second kappa shape index (κ2) is 5.61. The fraction of sp³-hybridized carbons (Fsp3) is 0.217. The predicted octanol–water partition coefficient (Wildman–Crippen LogP) is 4.76. The zero-order chi connectivity index (χ0) is 15.9. The lowest BCUT2D eigenvalue weighted by atomic mass is 9.72. The molecule has 3 aromatic rings. The molecule has 2 aliphatic rings. The van der Waals surface area contributed by atoms with Crippen molar-refractivity contribution in [2.45, 2.75) is 31.5 Å². The van der Waals surface area contributed by atoms with Gasteiger partial charge in [-0.2, -0.15) is 0 Å². The van der Waals surface area contributed by atoms with Gasteiger partial charge in [-0.05, 0) is 34.2 Å². The van der Waals surface area contributed by atoms with E-state index in [1.165, 1.54) is 27.8 Å². The van der Waals surface area contributed by atoms with Gasteiger partial charge in [0, 0.05) is 25.0 Å².